The first-order chi connectivity index (χ1) is 16.4. The number of rotatable bonds is 7. The van der Waals surface area contributed by atoms with Gasteiger partial charge in [-0.25, -0.2) is 9.18 Å². The van der Waals surface area contributed by atoms with Gasteiger partial charge in [-0.3, -0.25) is 9.78 Å². The van der Waals surface area contributed by atoms with Crippen molar-refractivity contribution in [3.63, 3.8) is 0 Å². The molecule has 0 saturated heterocycles. The maximum absolute atomic E-state index is 13.0. The van der Waals surface area contributed by atoms with Crippen LogP contribution in [0.5, 0.6) is 17.2 Å². The lowest BCUT2D eigenvalue weighted by atomic mass is 10.0. The van der Waals surface area contributed by atoms with Crippen molar-refractivity contribution >= 4 is 34.1 Å². The van der Waals surface area contributed by atoms with Crippen LogP contribution in [-0.4, -0.2) is 23.9 Å². The van der Waals surface area contributed by atoms with Gasteiger partial charge in [0.25, 0.3) is 0 Å². The van der Waals surface area contributed by atoms with Gasteiger partial charge in [-0.15, -0.1) is 0 Å². The molecule has 0 unspecified atom stereocenters. The van der Waals surface area contributed by atoms with Crippen molar-refractivity contribution < 1.29 is 23.5 Å². The summed E-state index contributed by atoms with van der Waals surface area (Å²) in [5, 5.41) is 6.09. The minimum atomic E-state index is -0.452. The molecule has 4 rings (SSSR count). The van der Waals surface area contributed by atoms with Crippen molar-refractivity contribution in [1.29, 1.82) is 0 Å². The number of amides is 2. The zero-order chi connectivity index (χ0) is 24.1. The minimum Gasteiger partial charge on any atom is -0.496 e. The number of ketones is 1. The van der Waals surface area contributed by atoms with Crippen LogP contribution in [-0.2, 0) is 11.2 Å². The summed E-state index contributed by atoms with van der Waals surface area (Å²) in [5.41, 5.74) is 2.47. The number of nitrogens with zero attached hydrogens (tertiary/aromatic N) is 1. The van der Waals surface area contributed by atoms with E-state index >= 15 is 0 Å². The number of pyridine rings is 1. The average molecular weight is 459 g/mol. The van der Waals surface area contributed by atoms with Gasteiger partial charge in [0.15, 0.2) is 0 Å². The quantitative estimate of drug-likeness (QED) is 0.356. The number of Topliss-reactive ketones (excluding diaryl/α,β-unsaturated/α-hetero) is 1. The molecule has 0 aliphatic heterocycles. The van der Waals surface area contributed by atoms with E-state index < -0.39 is 6.03 Å². The van der Waals surface area contributed by atoms with Crippen molar-refractivity contribution in [3.05, 3.63) is 84.3 Å². The molecule has 0 saturated carbocycles. The Balaban J connectivity index is 1.49. The number of nitrogens with one attached hydrogen (secondary N) is 2. The second kappa shape index (κ2) is 9.99. The van der Waals surface area contributed by atoms with Crippen molar-refractivity contribution in [2.24, 2.45) is 0 Å². The van der Waals surface area contributed by atoms with Crippen LogP contribution in [0.25, 0.3) is 10.9 Å². The molecule has 34 heavy (non-hydrogen) atoms. The predicted molar refractivity (Wildman–Crippen MR) is 128 cm³/mol. The van der Waals surface area contributed by atoms with Gasteiger partial charge >= 0.3 is 6.03 Å². The van der Waals surface area contributed by atoms with Crippen LogP contribution in [0.4, 0.5) is 20.6 Å². The van der Waals surface area contributed by atoms with Gasteiger partial charge in [0.2, 0.25) is 0 Å². The van der Waals surface area contributed by atoms with Crippen molar-refractivity contribution in [2.45, 2.75) is 13.3 Å². The molecule has 1 heterocycles. The number of aromatic nitrogens is 1. The number of hydrogen-bond acceptors (Lipinski definition) is 5. The van der Waals surface area contributed by atoms with Crippen LogP contribution in [0.15, 0.2) is 72.9 Å². The molecular weight excluding hydrogens is 437 g/mol. The van der Waals surface area contributed by atoms with Gasteiger partial charge in [0.1, 0.15) is 28.8 Å². The molecule has 0 spiro atoms. The molecule has 8 heteroatoms. The molecule has 7 nitrogen and oxygen atoms in total. The van der Waals surface area contributed by atoms with E-state index in [1.165, 1.54) is 31.2 Å². The molecule has 0 aliphatic rings. The van der Waals surface area contributed by atoms with Gasteiger partial charge in [0.05, 0.1) is 12.6 Å². The lowest BCUT2D eigenvalue weighted by Gasteiger charge is -2.13. The van der Waals surface area contributed by atoms with Crippen LogP contribution in [0.3, 0.4) is 0 Å². The highest BCUT2D eigenvalue weighted by Gasteiger charge is 2.12. The fourth-order valence-electron chi connectivity index (χ4n) is 3.44. The third-order valence-electron chi connectivity index (χ3n) is 4.99. The van der Waals surface area contributed by atoms with E-state index in [9.17, 15) is 14.0 Å². The van der Waals surface area contributed by atoms with E-state index in [-0.39, 0.29) is 18.0 Å². The maximum Gasteiger partial charge on any atom is 0.323 e. The van der Waals surface area contributed by atoms with Crippen molar-refractivity contribution in [2.75, 3.05) is 17.7 Å². The van der Waals surface area contributed by atoms with E-state index in [1.54, 1.807) is 49.7 Å². The van der Waals surface area contributed by atoms with Gasteiger partial charge < -0.3 is 20.1 Å². The summed E-state index contributed by atoms with van der Waals surface area (Å²) in [6.07, 6.45) is 1.88. The number of hydrogen-bond donors (Lipinski definition) is 2. The number of methoxy groups -OCH3 is 1. The Morgan fingerprint density at radius 3 is 2.18 bits per heavy atom. The molecule has 172 valence electrons. The molecule has 4 aromatic rings. The van der Waals surface area contributed by atoms with Crippen LogP contribution < -0.4 is 20.1 Å². The van der Waals surface area contributed by atoms with Gasteiger partial charge in [0, 0.05) is 41.0 Å². The highest BCUT2D eigenvalue weighted by Crippen LogP contribution is 2.33. The average Bonchev–Trinajstić information content (AvgIpc) is 2.81. The summed E-state index contributed by atoms with van der Waals surface area (Å²) in [5.74, 6) is 1.38. The summed E-state index contributed by atoms with van der Waals surface area (Å²) < 4.78 is 24.5. The number of carbonyl (C=O) groups is 2. The standard InChI is InChI=1S/C26H22FN3O4/c1-16(31)13-17-14-22-23(15-25(17)33-2)28-12-11-24(22)34-21-9-7-20(8-10-21)30-26(32)29-19-5-3-18(27)4-6-19/h3-12,14-15H,13H2,1-2H3,(H2,29,30,32). The predicted octanol–water partition coefficient (Wildman–Crippen LogP) is 5.95. The third kappa shape index (κ3) is 5.47. The summed E-state index contributed by atoms with van der Waals surface area (Å²) in [6, 6.07) is 17.3. The second-order valence-corrected chi connectivity index (χ2v) is 7.58. The largest absolute Gasteiger partial charge is 0.496 e. The Morgan fingerprint density at radius 2 is 1.56 bits per heavy atom. The summed E-state index contributed by atoms with van der Waals surface area (Å²) in [4.78, 5) is 28.2. The van der Waals surface area contributed by atoms with Crippen molar-refractivity contribution in [3.8, 4) is 17.2 Å². The lowest BCUT2D eigenvalue weighted by molar-refractivity contribution is -0.116. The molecule has 2 N–H and O–H groups in total. The molecule has 0 atom stereocenters. The molecule has 0 radical (unpaired) electrons. The van der Waals surface area contributed by atoms with E-state index in [2.05, 4.69) is 15.6 Å². The lowest BCUT2D eigenvalue weighted by Crippen LogP contribution is -2.19. The molecule has 0 bridgehead atoms. The summed E-state index contributed by atoms with van der Waals surface area (Å²) in [6.45, 7) is 1.53. The topological polar surface area (TPSA) is 89.6 Å². The molecule has 2 amide bonds. The highest BCUT2D eigenvalue weighted by molar-refractivity contribution is 5.99. The first-order valence-corrected chi connectivity index (χ1v) is 10.5. The number of carbonyl (C=O) groups excluding carboxylic acids is 2. The monoisotopic (exact) mass is 459 g/mol. The normalized spacial score (nSPS) is 10.6. The van der Waals surface area contributed by atoms with Crippen molar-refractivity contribution in [1.82, 2.24) is 4.98 Å². The molecule has 0 fully saturated rings. The summed E-state index contributed by atoms with van der Waals surface area (Å²) in [7, 11) is 1.56. The van der Waals surface area contributed by atoms with E-state index in [0.29, 0.717) is 34.1 Å². The zero-order valence-electron chi connectivity index (χ0n) is 18.6. The van der Waals surface area contributed by atoms with Crippen LogP contribution in [0.1, 0.15) is 12.5 Å². The van der Waals surface area contributed by atoms with Gasteiger partial charge in [-0.05, 0) is 67.6 Å². The van der Waals surface area contributed by atoms with Crippen LogP contribution in [0, 0.1) is 5.82 Å². The molecule has 1 aromatic heterocycles. The first-order valence-electron chi connectivity index (χ1n) is 10.5. The van der Waals surface area contributed by atoms with Gasteiger partial charge in [-0.2, -0.15) is 0 Å². The number of anilines is 2. The maximum atomic E-state index is 13.0. The number of urea groups is 1. The highest BCUT2D eigenvalue weighted by atomic mass is 19.1. The second-order valence-electron chi connectivity index (χ2n) is 7.58. The fourth-order valence-corrected chi connectivity index (χ4v) is 3.44. The zero-order valence-corrected chi connectivity index (χ0v) is 18.6. The van der Waals surface area contributed by atoms with E-state index in [0.717, 1.165) is 10.9 Å². The Hall–Kier alpha value is -4.46. The Kier molecular flexibility index (Phi) is 6.68. The smallest absolute Gasteiger partial charge is 0.323 e. The molecular formula is C26H22FN3O4. The Labute approximate surface area is 195 Å². The third-order valence-corrected chi connectivity index (χ3v) is 4.99. The fraction of sp³-hybridized carbons (Fsp3) is 0.115. The number of benzene rings is 3. The van der Waals surface area contributed by atoms with Crippen LogP contribution in [0.2, 0.25) is 0 Å². The van der Waals surface area contributed by atoms with E-state index in [4.69, 9.17) is 9.47 Å². The molecule has 0 aliphatic carbocycles. The Bertz CT molecular complexity index is 1340. The number of halogens is 1. The van der Waals surface area contributed by atoms with Crippen LogP contribution >= 0.6 is 0 Å². The first kappa shape index (κ1) is 22.7. The van der Waals surface area contributed by atoms with Gasteiger partial charge in [-0.1, -0.05) is 0 Å². The Morgan fingerprint density at radius 1 is 0.912 bits per heavy atom. The molecule has 3 aromatic carbocycles. The SMILES string of the molecule is COc1cc2nccc(Oc3ccc(NC(=O)Nc4ccc(F)cc4)cc3)c2cc1CC(C)=O. The van der Waals surface area contributed by atoms with E-state index in [1.807, 2.05) is 6.07 Å². The number of fused-ring (bicyclic) bond motifs is 1. The minimum absolute atomic E-state index is 0.0237. The number of ether oxygens (including phenoxy) is 2. The summed E-state index contributed by atoms with van der Waals surface area (Å²) >= 11 is 0.